The summed E-state index contributed by atoms with van der Waals surface area (Å²) in [4.78, 5) is 37.9. The molecule has 2 N–H and O–H groups in total. The van der Waals surface area contributed by atoms with Gasteiger partial charge in [0.2, 0.25) is 0 Å². The quantitative estimate of drug-likeness (QED) is 0.430. The van der Waals surface area contributed by atoms with Crippen molar-refractivity contribution in [2.45, 2.75) is 82.8 Å². The van der Waals surface area contributed by atoms with Crippen LogP contribution in [-0.4, -0.2) is 60.3 Å². The van der Waals surface area contributed by atoms with Gasteiger partial charge in [-0.1, -0.05) is 30.3 Å². The molecule has 1 saturated heterocycles. The second-order valence-electron chi connectivity index (χ2n) is 11.2. The van der Waals surface area contributed by atoms with Crippen molar-refractivity contribution in [2.75, 3.05) is 13.2 Å². The monoisotopic (exact) mass is 503 g/mol. The minimum Gasteiger partial charge on any atom is -0.460 e. The molecule has 1 aliphatic heterocycles. The van der Waals surface area contributed by atoms with Gasteiger partial charge in [0.15, 0.2) is 6.10 Å². The molecule has 3 aliphatic rings. The Labute approximate surface area is 211 Å². The first-order valence-corrected chi connectivity index (χ1v) is 12.8. The Morgan fingerprint density at radius 3 is 2.14 bits per heavy atom. The van der Waals surface area contributed by atoms with E-state index in [0.29, 0.717) is 44.5 Å². The molecule has 2 saturated carbocycles. The van der Waals surface area contributed by atoms with E-state index in [0.717, 1.165) is 6.42 Å². The van der Waals surface area contributed by atoms with Gasteiger partial charge in [-0.3, -0.25) is 4.79 Å². The first kappa shape index (κ1) is 26.4. The average molecular weight is 504 g/mol. The van der Waals surface area contributed by atoms with Crippen molar-refractivity contribution >= 4 is 18.0 Å². The Morgan fingerprint density at radius 2 is 1.58 bits per heavy atom. The van der Waals surface area contributed by atoms with Crippen molar-refractivity contribution in [1.82, 2.24) is 5.32 Å². The number of fused-ring (bicyclic) bond motifs is 2. The van der Waals surface area contributed by atoms with Gasteiger partial charge in [-0.15, -0.1) is 0 Å². The molecular formula is C27H37NO8. The molecule has 0 aromatic heterocycles. The van der Waals surface area contributed by atoms with E-state index >= 15 is 0 Å². The maximum Gasteiger partial charge on any atom is 0.408 e. The Kier molecular flexibility index (Phi) is 8.20. The number of benzene rings is 1. The lowest BCUT2D eigenvalue weighted by Crippen LogP contribution is -2.45. The molecule has 198 valence electrons. The lowest BCUT2D eigenvalue weighted by Gasteiger charge is -2.42. The van der Waals surface area contributed by atoms with E-state index in [1.807, 2.05) is 6.07 Å². The summed E-state index contributed by atoms with van der Waals surface area (Å²) in [6.45, 7) is 6.15. The maximum absolute atomic E-state index is 13.0. The summed E-state index contributed by atoms with van der Waals surface area (Å²) in [5, 5.41) is 13.5. The fraction of sp³-hybridized carbons (Fsp3) is 0.667. The molecule has 36 heavy (non-hydrogen) atoms. The Bertz CT molecular complexity index is 911. The van der Waals surface area contributed by atoms with Gasteiger partial charge >= 0.3 is 18.0 Å². The van der Waals surface area contributed by atoms with E-state index in [1.54, 1.807) is 45.0 Å². The van der Waals surface area contributed by atoms with Crippen molar-refractivity contribution in [2.24, 2.45) is 17.8 Å². The zero-order valence-electron chi connectivity index (χ0n) is 21.2. The van der Waals surface area contributed by atoms with Gasteiger partial charge in [0.25, 0.3) is 0 Å². The number of ether oxygens (including phenoxy) is 4. The van der Waals surface area contributed by atoms with Crippen LogP contribution < -0.4 is 5.32 Å². The van der Waals surface area contributed by atoms with Gasteiger partial charge in [-0.2, -0.15) is 0 Å². The minimum absolute atomic E-state index is 0.124. The van der Waals surface area contributed by atoms with Gasteiger partial charge in [0, 0.05) is 0 Å². The molecule has 1 heterocycles. The Hall–Kier alpha value is -2.65. The van der Waals surface area contributed by atoms with Crippen LogP contribution in [0.1, 0.15) is 64.5 Å². The molecule has 3 fully saturated rings. The van der Waals surface area contributed by atoms with Gasteiger partial charge in [-0.25, -0.2) is 9.59 Å². The number of alkyl carbamates (subject to hydrolysis) is 1. The third-order valence-electron chi connectivity index (χ3n) is 6.99. The minimum atomic E-state index is -1.60. The predicted octanol–water partition coefficient (Wildman–Crippen LogP) is 3.29. The van der Waals surface area contributed by atoms with Crippen LogP contribution in [0.4, 0.5) is 4.79 Å². The number of aliphatic hydroxyl groups is 1. The second-order valence-corrected chi connectivity index (χ2v) is 11.2. The van der Waals surface area contributed by atoms with E-state index < -0.39 is 29.8 Å². The van der Waals surface area contributed by atoms with Crippen LogP contribution in [0.25, 0.3) is 0 Å². The first-order valence-electron chi connectivity index (χ1n) is 12.8. The predicted molar refractivity (Wildman–Crippen MR) is 129 cm³/mol. The van der Waals surface area contributed by atoms with Crippen LogP contribution in [0, 0.1) is 17.8 Å². The molecule has 1 aromatic carbocycles. The van der Waals surface area contributed by atoms with Crippen LogP contribution in [0.2, 0.25) is 0 Å². The number of rotatable bonds is 7. The Balaban J connectivity index is 1.34. The number of esters is 2. The molecule has 2 bridgehead atoms. The molecule has 2 aliphatic carbocycles. The summed E-state index contributed by atoms with van der Waals surface area (Å²) < 4.78 is 21.7. The normalized spacial score (nSPS) is 27.7. The van der Waals surface area contributed by atoms with Crippen LogP contribution >= 0.6 is 0 Å². The van der Waals surface area contributed by atoms with Crippen LogP contribution in [0.5, 0.6) is 0 Å². The van der Waals surface area contributed by atoms with Crippen molar-refractivity contribution < 1.29 is 38.4 Å². The second kappa shape index (κ2) is 11.2. The molecule has 4 rings (SSSR count). The number of amides is 1. The summed E-state index contributed by atoms with van der Waals surface area (Å²) in [7, 11) is 0. The molecular weight excluding hydrogens is 466 g/mol. The van der Waals surface area contributed by atoms with Crippen LogP contribution in [0.3, 0.4) is 0 Å². The van der Waals surface area contributed by atoms with Crippen molar-refractivity contribution in [3.05, 3.63) is 35.9 Å². The van der Waals surface area contributed by atoms with Crippen LogP contribution in [-0.2, 0) is 28.5 Å². The number of nitrogens with one attached hydrogen (secondary N) is 1. The molecule has 1 amide bonds. The highest BCUT2D eigenvalue weighted by Crippen LogP contribution is 2.44. The highest BCUT2D eigenvalue weighted by Gasteiger charge is 2.42. The van der Waals surface area contributed by atoms with E-state index in [2.05, 4.69) is 5.32 Å². The number of carbonyl (C=O) groups excluding carboxylic acids is 3. The third-order valence-corrected chi connectivity index (χ3v) is 6.99. The number of carbonyl (C=O) groups is 3. The molecule has 6 atom stereocenters. The average Bonchev–Trinajstić information content (AvgIpc) is 2.78. The standard InChI is InChI=1S/C27H37NO8/c1-27(2,3)36-26(32)28-22(18-7-5-4-6-8-18)23(29)25(31)34-20-12-16-9-17(13-20)11-19(10-16)24(30)35-21-14-33-15-21/h4-8,16-17,19-23,29H,9-15H2,1-3H3,(H,28,32)/t16-,17+,19?,20?,22-,23+/m0/s1. The summed E-state index contributed by atoms with van der Waals surface area (Å²) in [6, 6.07) is 7.75. The third kappa shape index (κ3) is 6.97. The highest BCUT2D eigenvalue weighted by molar-refractivity contribution is 5.78. The van der Waals surface area contributed by atoms with E-state index in [1.165, 1.54) is 0 Å². The lowest BCUT2D eigenvalue weighted by atomic mass is 9.67. The maximum atomic E-state index is 13.0. The lowest BCUT2D eigenvalue weighted by molar-refractivity contribution is -0.181. The molecule has 9 heteroatoms. The summed E-state index contributed by atoms with van der Waals surface area (Å²) in [5.41, 5.74) is -0.168. The van der Waals surface area contributed by atoms with Crippen LogP contribution in [0.15, 0.2) is 30.3 Å². The summed E-state index contributed by atoms with van der Waals surface area (Å²) in [6.07, 6.45) is 0.906. The summed E-state index contributed by atoms with van der Waals surface area (Å²) in [5.74, 6) is -0.550. The zero-order chi connectivity index (χ0) is 25.9. The van der Waals surface area contributed by atoms with E-state index in [-0.39, 0.29) is 35.9 Å². The summed E-state index contributed by atoms with van der Waals surface area (Å²) >= 11 is 0. The molecule has 1 aromatic rings. The van der Waals surface area contributed by atoms with Gasteiger partial charge in [0.05, 0.1) is 25.2 Å². The topological polar surface area (TPSA) is 120 Å². The number of hydrogen-bond donors (Lipinski definition) is 2. The highest BCUT2D eigenvalue weighted by atomic mass is 16.6. The number of aliphatic hydroxyl groups excluding tert-OH is 1. The fourth-order valence-electron chi connectivity index (χ4n) is 5.43. The zero-order valence-corrected chi connectivity index (χ0v) is 21.2. The largest absolute Gasteiger partial charge is 0.460 e. The number of hydrogen-bond acceptors (Lipinski definition) is 8. The smallest absolute Gasteiger partial charge is 0.408 e. The Morgan fingerprint density at radius 1 is 0.944 bits per heavy atom. The van der Waals surface area contributed by atoms with Gasteiger partial charge in [-0.05, 0) is 70.3 Å². The van der Waals surface area contributed by atoms with E-state index in [4.69, 9.17) is 18.9 Å². The SMILES string of the molecule is CC(C)(C)OC(=O)N[C@@H](c1ccccc1)[C@@H](O)C(=O)OC1C[C@@H]2CC(C(=O)OC3COC3)C[C@H](C1)C2. The first-order chi connectivity index (χ1) is 17.1. The fourth-order valence-corrected chi connectivity index (χ4v) is 5.43. The van der Waals surface area contributed by atoms with Gasteiger partial charge < -0.3 is 29.4 Å². The van der Waals surface area contributed by atoms with Crippen molar-refractivity contribution in [1.29, 1.82) is 0 Å². The van der Waals surface area contributed by atoms with Crippen molar-refractivity contribution in [3.8, 4) is 0 Å². The molecule has 0 spiro atoms. The van der Waals surface area contributed by atoms with Crippen molar-refractivity contribution in [3.63, 3.8) is 0 Å². The molecule has 0 radical (unpaired) electrons. The molecule has 2 unspecified atom stereocenters. The van der Waals surface area contributed by atoms with Gasteiger partial charge in [0.1, 0.15) is 17.8 Å². The van der Waals surface area contributed by atoms with E-state index in [9.17, 15) is 19.5 Å². The molecule has 9 nitrogen and oxygen atoms in total.